The fourth-order valence-electron chi connectivity index (χ4n) is 11.6. The van der Waals surface area contributed by atoms with Crippen molar-refractivity contribution in [3.05, 3.63) is 230 Å². The second kappa shape index (κ2) is 51.8. The van der Waals surface area contributed by atoms with Crippen LogP contribution in [-0.4, -0.2) is 98.3 Å². The Morgan fingerprint density at radius 2 is 0.950 bits per heavy atom. The number of amides is 2. The molecular weight excluding hydrogens is 1790 g/mol. The SMILES string of the molecule is C.Cc1ccc(N)c(C)c1.Cc1ccc(NC(=O)CCl)c(C)c1.Cc1ccc(NC(=O)CSc2nnc(C(F)(F)F)n2-c2ccc(C3CC3)c3ccccc23)c(C)c1.ClCCl.FC(F)(F)c1n[nH]c(=S)n1-c1ccc(C2CC2)c2ccccc12.NNC(=S)Nc1ccc(C2CC2)c2ccccc12.O=C(Cl)CCl.O=C(O)C(F)(F)F.O=CO[O-].[H-].[K+].[K+]. The maximum absolute atomic E-state index is 13.9. The molecule has 0 atom stereocenters. The molecule has 2 aromatic heterocycles. The number of hydrogen-bond donors (Lipinski definition) is 8. The number of alkyl halides is 13. The van der Waals surface area contributed by atoms with E-state index in [-0.39, 0.29) is 163 Å². The molecule has 0 aliphatic heterocycles. The van der Waals surface area contributed by atoms with Crippen LogP contribution in [0.15, 0.2) is 169 Å². The number of benzene rings is 9. The number of carboxylic acids is 1. The number of thiocarbonyl (C=S) groups is 1. The Balaban J connectivity index is 0.000000506. The van der Waals surface area contributed by atoms with Crippen molar-refractivity contribution in [2.75, 3.05) is 44.5 Å². The van der Waals surface area contributed by atoms with Gasteiger partial charge in [-0.05, 0) is 220 Å². The average Bonchev–Trinajstić information content (AvgIpc) is 1.64. The van der Waals surface area contributed by atoms with Gasteiger partial charge in [0.05, 0.1) is 28.3 Å². The van der Waals surface area contributed by atoms with Gasteiger partial charge < -0.3 is 43.8 Å². The Morgan fingerprint density at radius 3 is 1.31 bits per heavy atom. The number of H-pyrrole nitrogens is 1. The largest absolute Gasteiger partial charge is 1.00 e. The molecular formula is C81H84Cl5F9K2N12O8S3. The van der Waals surface area contributed by atoms with Crippen LogP contribution in [0.25, 0.3) is 43.7 Å². The standard InChI is InChI=1S/C26H23F3N4OS.C16H12F3N3S.C14H15N3S.C10H12ClNO.C8H11N.C2H2Cl2O.C2HF3O2.CH2Cl2.CH2O3.CH4.2K.H/c1-15-7-11-21(16(2)13-15)30-23(34)14-35-25-32-31-24(26(27,28)29)33(25)22-12-10-18(17-8-9-17)19-5-3-4-6-20(19)22;17-16(18,19)14-20-21-15(23)22(14)13-8-7-10(9-5-6-9)11-3-1-2-4-12(11)13;15-17-14(18)16-13-8-7-10(9-5-6-9)11-3-1-2-4-12(11)13;1-7-3-4-9(8(2)5-7)12-10(13)6-11;1-6-3-4-8(9)7(2)5-6;3-1-2(4)5;3-2(4,5)1(6)7;2-1-3;2-1-4-3;;;;/h3-7,10-13,17H,8-9,14H2,1-2H3,(H,30,34);1-4,7-9H,5-6H2,(H,21,23);1-4,7-9H,5-6,15H2,(H2,16,17,18);3-5H,6H2,1-2H3,(H,12,13);3-5H,9H2,1-2H3;1H2;(H,6,7);1H2;1,3H;1H4;;;/q;;;;;;;;;;2*+1;-1/p-1. The second-order valence-electron chi connectivity index (χ2n) is 26.0. The zero-order chi connectivity index (χ0) is 86.6. The molecule has 3 aliphatic rings. The molecule has 3 saturated carbocycles. The first-order valence-electron chi connectivity index (χ1n) is 35.1. The number of nitrogens with zero attached hydrogens (tertiary/aromatic N) is 5. The normalized spacial score (nSPS) is 12.2. The summed E-state index contributed by atoms with van der Waals surface area (Å²) in [4.78, 5) is 53.2. The molecule has 9 aromatic carbocycles. The van der Waals surface area contributed by atoms with Crippen LogP contribution >= 0.6 is 94.2 Å². The topological polar surface area (TPSA) is 302 Å². The predicted molar refractivity (Wildman–Crippen MR) is 456 cm³/mol. The van der Waals surface area contributed by atoms with Gasteiger partial charge in [0.1, 0.15) is 5.88 Å². The molecule has 634 valence electrons. The molecule has 2 heterocycles. The number of nitrogens with one attached hydrogen (secondary N) is 5. The van der Waals surface area contributed by atoms with Gasteiger partial charge in [-0.3, -0.25) is 33.4 Å². The van der Waals surface area contributed by atoms with E-state index >= 15 is 0 Å². The van der Waals surface area contributed by atoms with Crippen molar-refractivity contribution in [3.8, 4) is 11.4 Å². The summed E-state index contributed by atoms with van der Waals surface area (Å²) in [7, 11) is 0. The molecule has 0 spiro atoms. The van der Waals surface area contributed by atoms with Crippen LogP contribution < -0.4 is 141 Å². The molecule has 0 saturated heterocycles. The Morgan fingerprint density at radius 1 is 0.583 bits per heavy atom. The fourth-order valence-corrected chi connectivity index (χ4v) is 12.7. The van der Waals surface area contributed by atoms with Crippen LogP contribution in [0.1, 0.15) is 127 Å². The van der Waals surface area contributed by atoms with Gasteiger partial charge in [-0.25, -0.2) is 10.6 Å². The number of fused-ring (bicyclic) bond motifs is 3. The molecule has 0 unspecified atom stereocenters. The van der Waals surface area contributed by atoms with E-state index in [1.165, 1.54) is 45.9 Å². The second-order valence-corrected chi connectivity index (χ2v) is 29.5. The number of hydrazine groups is 1. The van der Waals surface area contributed by atoms with Crippen molar-refractivity contribution in [2.24, 2.45) is 5.84 Å². The van der Waals surface area contributed by atoms with E-state index in [2.05, 4.69) is 90.0 Å². The number of hydrogen-bond acceptors (Lipinski definition) is 15. The number of anilines is 4. The number of thioether (sulfide) groups is 1. The summed E-state index contributed by atoms with van der Waals surface area (Å²) >= 11 is 35.4. The summed E-state index contributed by atoms with van der Waals surface area (Å²) in [5.74, 6) is 1.37. The van der Waals surface area contributed by atoms with Crippen molar-refractivity contribution >= 4 is 184 Å². The number of aromatic nitrogens is 6. The number of aliphatic carboxylic acids is 1. The summed E-state index contributed by atoms with van der Waals surface area (Å²) in [6.07, 6.45) is -7.34. The molecule has 20 nitrogen and oxygen atoms in total. The third kappa shape index (κ3) is 33.6. The number of nitrogen functional groups attached to an aromatic ring is 1. The minimum absolute atomic E-state index is 0. The molecule has 3 aliphatic carbocycles. The quantitative estimate of drug-likeness (QED) is 0.00429. The summed E-state index contributed by atoms with van der Waals surface area (Å²) in [6.45, 7) is 11.7. The Hall–Kier alpha value is -6.34. The summed E-state index contributed by atoms with van der Waals surface area (Å²) in [5, 5.41) is 43.1. The molecule has 14 rings (SSSR count). The van der Waals surface area contributed by atoms with Crippen LogP contribution in [0.4, 0.5) is 62.3 Å². The van der Waals surface area contributed by atoms with E-state index in [0.29, 0.717) is 39.4 Å². The molecule has 0 bridgehead atoms. The molecule has 10 N–H and O–H groups in total. The van der Waals surface area contributed by atoms with E-state index in [9.17, 15) is 53.9 Å². The predicted octanol–water partition coefficient (Wildman–Crippen LogP) is 15.1. The van der Waals surface area contributed by atoms with Gasteiger partial charge in [0, 0.05) is 38.9 Å². The Labute approximate surface area is 813 Å². The number of aryl methyl sites for hydroxylation is 6. The first-order chi connectivity index (χ1) is 55.3. The maximum atomic E-state index is 13.9. The van der Waals surface area contributed by atoms with Crippen LogP contribution in [0.2, 0.25) is 0 Å². The van der Waals surface area contributed by atoms with E-state index in [0.717, 1.165) is 114 Å². The Bertz CT molecular complexity index is 5340. The van der Waals surface area contributed by atoms with Crippen LogP contribution in [0.5, 0.6) is 0 Å². The Kier molecular flexibility index (Phi) is 46.6. The van der Waals surface area contributed by atoms with Gasteiger partial charge in [-0.1, -0.05) is 163 Å². The smallest absolute Gasteiger partial charge is 1.00 e. The summed E-state index contributed by atoms with van der Waals surface area (Å²) in [5.41, 5.74) is 22.6. The van der Waals surface area contributed by atoms with Gasteiger partial charge in [0.2, 0.25) is 28.7 Å². The molecule has 39 heteroatoms. The average molecular weight is 1880 g/mol. The minimum Gasteiger partial charge on any atom is -1.00 e. The van der Waals surface area contributed by atoms with E-state index in [1.54, 1.807) is 12.1 Å². The first kappa shape index (κ1) is 108. The molecule has 11 aromatic rings. The van der Waals surface area contributed by atoms with Gasteiger partial charge >= 0.3 is 127 Å². The van der Waals surface area contributed by atoms with Crippen LogP contribution in [0, 0.1) is 46.3 Å². The zero-order valence-electron chi connectivity index (χ0n) is 66.2. The molecule has 3 fully saturated rings. The van der Waals surface area contributed by atoms with Crippen molar-refractivity contribution < 1.29 is 183 Å². The number of halogens is 14. The van der Waals surface area contributed by atoms with Crippen LogP contribution in [-0.2, 0) is 41.2 Å². The third-order valence-electron chi connectivity index (χ3n) is 17.1. The number of carbonyl (C=O) groups is 5. The van der Waals surface area contributed by atoms with E-state index in [1.807, 2.05) is 150 Å². The third-order valence-corrected chi connectivity index (χ3v) is 19.3. The number of nitrogens with two attached hydrogens (primary N) is 2. The van der Waals surface area contributed by atoms with E-state index in [4.69, 9.17) is 114 Å². The minimum atomic E-state index is -5.08. The summed E-state index contributed by atoms with van der Waals surface area (Å²) < 4.78 is 115. The number of carboxylic acid groups (broad SMARTS) is 1. The number of aromatic amines is 1. The van der Waals surface area contributed by atoms with Gasteiger partial charge in [0.25, 0.3) is 6.47 Å². The van der Waals surface area contributed by atoms with Crippen molar-refractivity contribution in [2.45, 2.75) is 129 Å². The number of carbonyl (C=O) groups excluding carboxylic acids is 4. The fraction of sp³-hybridized carbons (Fsp3) is 0.284. The van der Waals surface area contributed by atoms with Crippen molar-refractivity contribution in [1.29, 1.82) is 0 Å². The number of rotatable bonds is 14. The van der Waals surface area contributed by atoms with Gasteiger partial charge in [-0.2, -0.15) is 39.5 Å². The van der Waals surface area contributed by atoms with Crippen molar-refractivity contribution in [1.82, 2.24) is 35.0 Å². The monoisotopic (exact) mass is 1870 g/mol. The maximum Gasteiger partial charge on any atom is 1.00 e. The van der Waals surface area contributed by atoms with E-state index < -0.39 is 41.4 Å². The first-order valence-corrected chi connectivity index (χ1v) is 39.4. The molecule has 2 amide bonds. The van der Waals surface area contributed by atoms with Crippen molar-refractivity contribution in [3.63, 3.8) is 0 Å². The summed E-state index contributed by atoms with van der Waals surface area (Å²) in [6, 6.07) is 52.4. The molecule has 120 heavy (non-hydrogen) atoms. The van der Waals surface area contributed by atoms with Gasteiger partial charge in [0.15, 0.2) is 15.0 Å². The molecule has 0 radical (unpaired) electrons. The van der Waals surface area contributed by atoms with Crippen LogP contribution in [0.3, 0.4) is 0 Å². The zero-order valence-corrected chi connectivity index (χ0v) is 77.7. The van der Waals surface area contributed by atoms with Gasteiger partial charge in [-0.15, -0.1) is 61.7 Å².